The number of halogens is 1. The lowest BCUT2D eigenvalue weighted by Gasteiger charge is -2.06. The highest BCUT2D eigenvalue weighted by atomic mass is 79.9. The summed E-state index contributed by atoms with van der Waals surface area (Å²) in [5.41, 5.74) is 0.817. The van der Waals surface area contributed by atoms with Crippen LogP contribution < -0.4 is 15.4 Å². The maximum absolute atomic E-state index is 5.49. The Balaban J connectivity index is 2.03. The van der Waals surface area contributed by atoms with Crippen LogP contribution in [0.25, 0.3) is 0 Å². The molecule has 0 amide bonds. The summed E-state index contributed by atoms with van der Waals surface area (Å²) in [6.45, 7) is 4.67. The third kappa shape index (κ3) is 3.94. The zero-order valence-electron chi connectivity index (χ0n) is 11.6. The quantitative estimate of drug-likeness (QED) is 0.841. The molecule has 2 N–H and O–H groups in total. The minimum absolute atomic E-state index is 0.356. The maximum atomic E-state index is 5.49. The first kappa shape index (κ1) is 14.8. The molecule has 0 spiro atoms. The molecule has 0 atom stereocenters. The minimum Gasteiger partial charge on any atom is -0.495 e. The first-order valence-corrected chi connectivity index (χ1v) is 7.04. The molecule has 0 bridgehead atoms. The average molecular weight is 341 g/mol. The number of hydrogen-bond donors (Lipinski definition) is 2. The van der Waals surface area contributed by atoms with Crippen LogP contribution in [0.1, 0.15) is 19.7 Å². The van der Waals surface area contributed by atoms with Crippen LogP contribution in [0.15, 0.2) is 27.1 Å². The van der Waals surface area contributed by atoms with Gasteiger partial charge in [-0.05, 0) is 28.1 Å². The fraction of sp³-hybridized carbons (Fsp3) is 0.385. The van der Waals surface area contributed by atoms with Crippen LogP contribution >= 0.6 is 15.9 Å². The zero-order valence-corrected chi connectivity index (χ0v) is 13.2. The van der Waals surface area contributed by atoms with E-state index in [0.29, 0.717) is 24.5 Å². The van der Waals surface area contributed by atoms with Gasteiger partial charge in [0.15, 0.2) is 0 Å². The van der Waals surface area contributed by atoms with Crippen LogP contribution in [0.2, 0.25) is 0 Å². The van der Waals surface area contributed by atoms with Gasteiger partial charge >= 0.3 is 6.01 Å². The molecule has 20 heavy (non-hydrogen) atoms. The van der Waals surface area contributed by atoms with Crippen molar-refractivity contribution in [2.45, 2.75) is 26.4 Å². The molecule has 0 saturated carbocycles. The van der Waals surface area contributed by atoms with E-state index in [0.717, 1.165) is 15.9 Å². The van der Waals surface area contributed by atoms with Gasteiger partial charge < -0.3 is 19.8 Å². The normalized spacial score (nSPS) is 10.8. The van der Waals surface area contributed by atoms with E-state index >= 15 is 0 Å². The van der Waals surface area contributed by atoms with Crippen LogP contribution in [-0.4, -0.2) is 23.3 Å². The van der Waals surface area contributed by atoms with E-state index in [4.69, 9.17) is 9.15 Å². The van der Waals surface area contributed by atoms with Crippen LogP contribution in [0.4, 0.5) is 11.7 Å². The summed E-state index contributed by atoms with van der Waals surface area (Å²) >= 11 is 3.40. The van der Waals surface area contributed by atoms with Crippen LogP contribution in [-0.2, 0) is 6.54 Å². The Morgan fingerprint density at radius 3 is 2.85 bits per heavy atom. The smallest absolute Gasteiger partial charge is 0.320 e. The van der Waals surface area contributed by atoms with Gasteiger partial charge in [-0.2, -0.15) is 0 Å². The van der Waals surface area contributed by atoms with Crippen LogP contribution in [0.5, 0.6) is 5.75 Å². The van der Waals surface area contributed by atoms with E-state index in [1.165, 1.54) is 0 Å². The van der Waals surface area contributed by atoms with Crippen molar-refractivity contribution in [1.82, 2.24) is 15.5 Å². The Bertz CT molecular complexity index is 571. The molecular weight excluding hydrogens is 324 g/mol. The monoisotopic (exact) mass is 340 g/mol. The van der Waals surface area contributed by atoms with Crippen LogP contribution in [0.3, 0.4) is 0 Å². The lowest BCUT2D eigenvalue weighted by atomic mass is 10.3. The molecular formula is C13H17BrN4O2. The zero-order chi connectivity index (χ0) is 14.5. The van der Waals surface area contributed by atoms with E-state index in [-0.39, 0.29) is 0 Å². The van der Waals surface area contributed by atoms with E-state index in [1.54, 1.807) is 7.11 Å². The molecule has 0 radical (unpaired) electrons. The molecule has 0 aliphatic heterocycles. The minimum atomic E-state index is 0.356. The predicted octanol–water partition coefficient (Wildman–Crippen LogP) is 3.08. The van der Waals surface area contributed by atoms with Crippen molar-refractivity contribution < 1.29 is 9.15 Å². The summed E-state index contributed by atoms with van der Waals surface area (Å²) in [6, 6.07) is 6.35. The highest BCUT2D eigenvalue weighted by molar-refractivity contribution is 9.10. The number of rotatable bonds is 6. The third-order valence-corrected chi connectivity index (χ3v) is 3.19. The number of ether oxygens (including phenoxy) is 1. The van der Waals surface area contributed by atoms with Gasteiger partial charge in [0.05, 0.1) is 18.1 Å². The lowest BCUT2D eigenvalue weighted by Crippen LogP contribution is -2.21. The molecule has 7 heteroatoms. The second-order valence-corrected chi connectivity index (χ2v) is 5.37. The molecule has 1 heterocycles. The summed E-state index contributed by atoms with van der Waals surface area (Å²) in [6.07, 6.45) is 0. The highest BCUT2D eigenvalue weighted by Crippen LogP contribution is 2.29. The lowest BCUT2D eigenvalue weighted by molar-refractivity contribution is 0.412. The van der Waals surface area contributed by atoms with Gasteiger partial charge in [-0.25, -0.2) is 0 Å². The fourth-order valence-corrected chi connectivity index (χ4v) is 1.94. The number of hydrogen-bond acceptors (Lipinski definition) is 6. The predicted molar refractivity (Wildman–Crippen MR) is 80.3 cm³/mol. The Morgan fingerprint density at radius 2 is 2.15 bits per heavy atom. The maximum Gasteiger partial charge on any atom is 0.320 e. The number of methoxy groups -OCH3 is 1. The van der Waals surface area contributed by atoms with E-state index in [2.05, 4.69) is 50.6 Å². The van der Waals surface area contributed by atoms with Crippen molar-refractivity contribution in [1.29, 1.82) is 0 Å². The number of benzene rings is 1. The van der Waals surface area contributed by atoms with Crippen molar-refractivity contribution >= 4 is 27.6 Å². The second kappa shape index (κ2) is 6.71. The number of anilines is 2. The summed E-state index contributed by atoms with van der Waals surface area (Å²) in [4.78, 5) is 0. The van der Waals surface area contributed by atoms with E-state index in [1.807, 2.05) is 18.2 Å². The molecule has 6 nitrogen and oxygen atoms in total. The van der Waals surface area contributed by atoms with Gasteiger partial charge in [0.25, 0.3) is 0 Å². The van der Waals surface area contributed by atoms with Gasteiger partial charge in [0.2, 0.25) is 5.89 Å². The number of nitrogens with zero attached hydrogens (tertiary/aromatic N) is 2. The molecule has 108 valence electrons. The van der Waals surface area contributed by atoms with Crippen molar-refractivity contribution in [3.05, 3.63) is 28.6 Å². The molecule has 0 saturated heterocycles. The van der Waals surface area contributed by atoms with Crippen LogP contribution in [0, 0.1) is 0 Å². The summed E-state index contributed by atoms with van der Waals surface area (Å²) in [5, 5.41) is 14.2. The Hall–Kier alpha value is -1.60. The number of aromatic nitrogens is 2. The number of nitrogens with one attached hydrogen (secondary N) is 2. The SMILES string of the molecule is COc1cc(Nc2nnc(CNC(C)C)o2)ccc1Br. The first-order chi connectivity index (χ1) is 9.58. The average Bonchev–Trinajstić information content (AvgIpc) is 2.86. The van der Waals surface area contributed by atoms with Crippen molar-refractivity contribution in [3.63, 3.8) is 0 Å². The Morgan fingerprint density at radius 1 is 1.35 bits per heavy atom. The fourth-order valence-electron chi connectivity index (χ4n) is 1.53. The van der Waals surface area contributed by atoms with Crippen molar-refractivity contribution in [2.24, 2.45) is 0 Å². The van der Waals surface area contributed by atoms with E-state index < -0.39 is 0 Å². The molecule has 2 aromatic rings. The molecule has 0 aliphatic rings. The Kier molecular flexibility index (Phi) is 4.97. The van der Waals surface area contributed by atoms with E-state index in [9.17, 15) is 0 Å². The largest absolute Gasteiger partial charge is 0.495 e. The molecule has 0 fully saturated rings. The van der Waals surface area contributed by atoms with Gasteiger partial charge in [0.1, 0.15) is 5.75 Å². The van der Waals surface area contributed by atoms with Crippen molar-refractivity contribution in [3.8, 4) is 5.75 Å². The standard InChI is InChI=1S/C13H17BrN4O2/c1-8(2)15-7-12-17-18-13(20-12)16-9-4-5-10(14)11(6-9)19-3/h4-6,8,15H,7H2,1-3H3,(H,16,18). The van der Waals surface area contributed by atoms with Gasteiger partial charge in [-0.3, -0.25) is 0 Å². The Labute approximate surface area is 126 Å². The molecule has 1 aromatic carbocycles. The molecule has 0 aliphatic carbocycles. The van der Waals surface area contributed by atoms with Crippen molar-refractivity contribution in [2.75, 3.05) is 12.4 Å². The summed E-state index contributed by atoms with van der Waals surface area (Å²) < 4.78 is 11.6. The molecule has 2 rings (SSSR count). The first-order valence-electron chi connectivity index (χ1n) is 6.25. The summed E-state index contributed by atoms with van der Waals surface area (Å²) in [5.74, 6) is 1.28. The highest BCUT2D eigenvalue weighted by Gasteiger charge is 2.08. The topological polar surface area (TPSA) is 72.2 Å². The third-order valence-electron chi connectivity index (χ3n) is 2.53. The van der Waals surface area contributed by atoms with Gasteiger partial charge in [-0.15, -0.1) is 5.10 Å². The molecule has 0 unspecified atom stereocenters. The molecule has 1 aromatic heterocycles. The van der Waals surface area contributed by atoms with Gasteiger partial charge in [0, 0.05) is 17.8 Å². The summed E-state index contributed by atoms with van der Waals surface area (Å²) in [7, 11) is 1.62. The second-order valence-electron chi connectivity index (χ2n) is 4.51. The van der Waals surface area contributed by atoms with Gasteiger partial charge in [-0.1, -0.05) is 18.9 Å².